The van der Waals surface area contributed by atoms with Crippen molar-refractivity contribution in [2.45, 2.75) is 13.3 Å². The molecule has 0 bridgehead atoms. The zero-order chi connectivity index (χ0) is 18.6. The molecule has 0 saturated heterocycles. The summed E-state index contributed by atoms with van der Waals surface area (Å²) in [6, 6.07) is 9.66. The third-order valence-electron chi connectivity index (χ3n) is 3.44. The molecule has 0 fully saturated rings. The number of halogens is 2. The second-order valence-electron chi connectivity index (χ2n) is 5.60. The lowest BCUT2D eigenvalue weighted by atomic mass is 10.2. The molecule has 134 valence electrons. The monoisotopic (exact) mass is 368 g/mol. The Kier molecular flexibility index (Phi) is 5.73. The lowest BCUT2D eigenvalue weighted by molar-refractivity contribution is -0.116. The fourth-order valence-corrected chi connectivity index (χ4v) is 3.20. The van der Waals surface area contributed by atoms with Gasteiger partial charge >= 0.3 is 0 Å². The van der Waals surface area contributed by atoms with E-state index in [0.29, 0.717) is 11.8 Å². The minimum atomic E-state index is -3.59. The maximum atomic E-state index is 13.5. The molecular formula is C17H18F2N2O3S. The quantitative estimate of drug-likeness (QED) is 0.852. The average Bonchev–Trinajstić information content (AvgIpc) is 2.49. The molecule has 2 aromatic carbocycles. The predicted octanol–water partition coefficient (Wildman–Crippen LogP) is 3.07. The standard InChI is InChI=1S/C17H18F2N2O3S/c1-12-4-3-5-14(10-12)21(25(2,23)24)9-8-17(22)20-16-7-6-13(18)11-15(16)19/h3-7,10-11H,8-9H2,1-2H3,(H,20,22). The molecule has 0 heterocycles. The molecule has 2 rings (SSSR count). The maximum Gasteiger partial charge on any atom is 0.232 e. The van der Waals surface area contributed by atoms with Crippen molar-refractivity contribution < 1.29 is 22.0 Å². The Hall–Kier alpha value is -2.48. The van der Waals surface area contributed by atoms with Crippen LogP contribution in [0, 0.1) is 18.6 Å². The number of hydrogen-bond acceptors (Lipinski definition) is 3. The first-order chi connectivity index (χ1) is 11.7. The van der Waals surface area contributed by atoms with Crippen LogP contribution in [-0.4, -0.2) is 27.1 Å². The van der Waals surface area contributed by atoms with Crippen molar-refractivity contribution >= 4 is 27.3 Å². The normalized spacial score (nSPS) is 11.2. The molecule has 5 nitrogen and oxygen atoms in total. The number of amides is 1. The number of nitrogens with one attached hydrogen (secondary N) is 1. The fourth-order valence-electron chi connectivity index (χ4n) is 2.28. The van der Waals surface area contributed by atoms with Crippen LogP contribution in [0.2, 0.25) is 0 Å². The molecule has 2 aromatic rings. The SMILES string of the molecule is Cc1cccc(N(CCC(=O)Nc2ccc(F)cc2F)S(C)(=O)=O)c1. The highest BCUT2D eigenvalue weighted by Crippen LogP contribution is 2.20. The highest BCUT2D eigenvalue weighted by Gasteiger charge is 2.19. The summed E-state index contributed by atoms with van der Waals surface area (Å²) in [7, 11) is -3.59. The van der Waals surface area contributed by atoms with E-state index in [1.807, 2.05) is 13.0 Å². The topological polar surface area (TPSA) is 66.5 Å². The van der Waals surface area contributed by atoms with Crippen LogP contribution in [0.5, 0.6) is 0 Å². The van der Waals surface area contributed by atoms with Gasteiger partial charge in [-0.25, -0.2) is 17.2 Å². The summed E-state index contributed by atoms with van der Waals surface area (Å²) in [4.78, 5) is 12.0. The number of benzene rings is 2. The highest BCUT2D eigenvalue weighted by molar-refractivity contribution is 7.92. The zero-order valence-corrected chi connectivity index (χ0v) is 14.6. The molecule has 0 radical (unpaired) electrons. The third kappa shape index (κ3) is 5.25. The molecule has 0 aliphatic carbocycles. The minimum Gasteiger partial charge on any atom is -0.324 e. The van der Waals surface area contributed by atoms with Gasteiger partial charge in [0.05, 0.1) is 17.6 Å². The third-order valence-corrected chi connectivity index (χ3v) is 4.63. The Bertz CT molecular complexity index is 885. The molecule has 0 unspecified atom stereocenters. The Morgan fingerprint density at radius 1 is 1.16 bits per heavy atom. The van der Waals surface area contributed by atoms with Gasteiger partial charge in [0.2, 0.25) is 15.9 Å². The summed E-state index contributed by atoms with van der Waals surface area (Å²) in [5, 5.41) is 2.30. The van der Waals surface area contributed by atoms with Gasteiger partial charge in [0.25, 0.3) is 0 Å². The van der Waals surface area contributed by atoms with E-state index < -0.39 is 27.6 Å². The van der Waals surface area contributed by atoms with Gasteiger partial charge in [-0.05, 0) is 36.8 Å². The van der Waals surface area contributed by atoms with Crippen molar-refractivity contribution in [2.24, 2.45) is 0 Å². The van der Waals surface area contributed by atoms with Crippen molar-refractivity contribution in [3.05, 3.63) is 59.7 Å². The van der Waals surface area contributed by atoms with Crippen LogP contribution in [0.15, 0.2) is 42.5 Å². The molecule has 25 heavy (non-hydrogen) atoms. The van der Waals surface area contributed by atoms with Crippen molar-refractivity contribution in [1.29, 1.82) is 0 Å². The lowest BCUT2D eigenvalue weighted by Gasteiger charge is -2.22. The highest BCUT2D eigenvalue weighted by atomic mass is 32.2. The van der Waals surface area contributed by atoms with Crippen molar-refractivity contribution in [3.8, 4) is 0 Å². The van der Waals surface area contributed by atoms with Crippen LogP contribution in [0.25, 0.3) is 0 Å². The van der Waals surface area contributed by atoms with Gasteiger partial charge in [-0.15, -0.1) is 0 Å². The first-order valence-corrected chi connectivity index (χ1v) is 9.31. The molecule has 0 spiro atoms. The molecular weight excluding hydrogens is 350 g/mol. The second-order valence-corrected chi connectivity index (χ2v) is 7.50. The Morgan fingerprint density at radius 2 is 1.88 bits per heavy atom. The first kappa shape index (κ1) is 18.9. The van der Waals surface area contributed by atoms with E-state index >= 15 is 0 Å². The van der Waals surface area contributed by atoms with E-state index in [1.54, 1.807) is 18.2 Å². The van der Waals surface area contributed by atoms with E-state index in [1.165, 1.54) is 0 Å². The second kappa shape index (κ2) is 7.60. The van der Waals surface area contributed by atoms with Crippen molar-refractivity contribution in [2.75, 3.05) is 22.4 Å². The largest absolute Gasteiger partial charge is 0.324 e. The molecule has 0 aliphatic heterocycles. The zero-order valence-electron chi connectivity index (χ0n) is 13.8. The summed E-state index contributed by atoms with van der Waals surface area (Å²) >= 11 is 0. The molecule has 0 saturated carbocycles. The van der Waals surface area contributed by atoms with Crippen LogP contribution in [0.1, 0.15) is 12.0 Å². The number of sulfonamides is 1. The first-order valence-electron chi connectivity index (χ1n) is 7.46. The van der Waals surface area contributed by atoms with Crippen LogP contribution in [0.4, 0.5) is 20.2 Å². The van der Waals surface area contributed by atoms with E-state index in [9.17, 15) is 22.0 Å². The summed E-state index contributed by atoms with van der Waals surface area (Å²) in [6.45, 7) is 1.73. The van der Waals surface area contributed by atoms with Crippen LogP contribution >= 0.6 is 0 Å². The van der Waals surface area contributed by atoms with E-state index in [2.05, 4.69) is 5.32 Å². The molecule has 0 aromatic heterocycles. The Balaban J connectivity index is 2.09. The smallest absolute Gasteiger partial charge is 0.232 e. The van der Waals surface area contributed by atoms with E-state index in [4.69, 9.17) is 0 Å². The Morgan fingerprint density at radius 3 is 2.48 bits per heavy atom. The van der Waals surface area contributed by atoms with E-state index in [-0.39, 0.29) is 18.7 Å². The predicted molar refractivity (Wildman–Crippen MR) is 93.0 cm³/mol. The fraction of sp³-hybridized carbons (Fsp3) is 0.235. The van der Waals surface area contributed by atoms with Gasteiger partial charge in [-0.2, -0.15) is 0 Å². The van der Waals surface area contributed by atoms with Gasteiger partial charge in [0, 0.05) is 19.0 Å². The van der Waals surface area contributed by atoms with Gasteiger partial charge in [-0.1, -0.05) is 12.1 Å². The van der Waals surface area contributed by atoms with Gasteiger partial charge < -0.3 is 5.32 Å². The number of carbonyl (C=O) groups is 1. The number of aryl methyl sites for hydroxylation is 1. The number of anilines is 2. The van der Waals surface area contributed by atoms with Crippen LogP contribution in [0.3, 0.4) is 0 Å². The van der Waals surface area contributed by atoms with Crippen molar-refractivity contribution in [1.82, 2.24) is 0 Å². The van der Waals surface area contributed by atoms with Gasteiger partial charge in [-0.3, -0.25) is 9.10 Å². The summed E-state index contributed by atoms with van der Waals surface area (Å²) in [5.74, 6) is -2.22. The Labute approximate surface area is 145 Å². The lowest BCUT2D eigenvalue weighted by Crippen LogP contribution is -2.33. The minimum absolute atomic E-state index is 0.100. The molecule has 0 atom stereocenters. The van der Waals surface area contributed by atoms with Gasteiger partial charge in [0.1, 0.15) is 11.6 Å². The van der Waals surface area contributed by atoms with Crippen molar-refractivity contribution in [3.63, 3.8) is 0 Å². The van der Waals surface area contributed by atoms with Crippen LogP contribution in [-0.2, 0) is 14.8 Å². The van der Waals surface area contributed by atoms with E-state index in [0.717, 1.165) is 28.3 Å². The number of nitrogens with zero attached hydrogens (tertiary/aromatic N) is 1. The molecule has 1 N–H and O–H groups in total. The summed E-state index contributed by atoms with van der Waals surface area (Å²) in [6.07, 6.45) is 0.866. The molecule has 8 heteroatoms. The maximum absolute atomic E-state index is 13.5. The summed E-state index contributed by atoms with van der Waals surface area (Å²) < 4.78 is 51.5. The number of rotatable bonds is 6. The number of hydrogen-bond donors (Lipinski definition) is 1. The average molecular weight is 368 g/mol. The van der Waals surface area contributed by atoms with Crippen LogP contribution < -0.4 is 9.62 Å². The van der Waals surface area contributed by atoms with Gasteiger partial charge in [0.15, 0.2) is 0 Å². The molecule has 1 amide bonds. The number of carbonyl (C=O) groups excluding carboxylic acids is 1. The summed E-state index contributed by atoms with van der Waals surface area (Å²) in [5.41, 5.74) is 1.17. The molecule has 0 aliphatic rings.